The molecule has 1 atom stereocenters. The molecule has 0 bridgehead atoms. The summed E-state index contributed by atoms with van der Waals surface area (Å²) in [6.45, 7) is 2.71. The smallest absolute Gasteiger partial charge is 0.335 e. The van der Waals surface area contributed by atoms with E-state index in [2.05, 4.69) is 6.92 Å². The molecule has 1 aromatic rings. The summed E-state index contributed by atoms with van der Waals surface area (Å²) in [6.07, 6.45) is 4.87. The molecule has 0 radical (unpaired) electrons. The topological polar surface area (TPSA) is 57.6 Å². The molecule has 0 aliphatic carbocycles. The average molecular weight is 293 g/mol. The maximum atomic E-state index is 14.0. The Labute approximate surface area is 123 Å². The lowest BCUT2D eigenvalue weighted by molar-refractivity contribution is 0.0593. The van der Waals surface area contributed by atoms with Crippen LogP contribution in [0.15, 0.2) is 18.2 Å². The Morgan fingerprint density at radius 1 is 1.38 bits per heavy atom. The van der Waals surface area contributed by atoms with Gasteiger partial charge in [-0.25, -0.2) is 9.18 Å². The van der Waals surface area contributed by atoms with Gasteiger partial charge in [0.25, 0.3) is 5.91 Å². The lowest BCUT2D eigenvalue weighted by Crippen LogP contribution is -2.44. The predicted molar refractivity (Wildman–Crippen MR) is 76.9 cm³/mol. The quantitative estimate of drug-likeness (QED) is 0.926. The maximum absolute atomic E-state index is 14.0. The highest BCUT2D eigenvalue weighted by Gasteiger charge is 2.28. The SMILES string of the molecule is CCCC1CCCCN1C(=O)c1ccc(C(=O)O)cc1F. The number of rotatable bonds is 4. The highest BCUT2D eigenvalue weighted by atomic mass is 19.1. The zero-order valence-electron chi connectivity index (χ0n) is 12.1. The predicted octanol–water partition coefficient (Wildman–Crippen LogP) is 3.32. The number of piperidine rings is 1. The maximum Gasteiger partial charge on any atom is 0.335 e. The number of carboxylic acid groups (broad SMARTS) is 1. The molecule has 1 amide bonds. The van der Waals surface area contributed by atoms with Crippen molar-refractivity contribution < 1.29 is 19.1 Å². The normalized spacial score (nSPS) is 18.6. The lowest BCUT2D eigenvalue weighted by Gasteiger charge is -2.36. The standard InChI is InChI=1S/C16H20FNO3/c1-2-5-12-6-3-4-9-18(12)15(19)13-8-7-11(16(20)21)10-14(13)17/h7-8,10,12H,2-6,9H2,1H3,(H,20,21). The van der Waals surface area contributed by atoms with Gasteiger partial charge in [0, 0.05) is 12.6 Å². The number of hydrogen-bond donors (Lipinski definition) is 1. The largest absolute Gasteiger partial charge is 0.478 e. The van der Waals surface area contributed by atoms with Crippen molar-refractivity contribution >= 4 is 11.9 Å². The first-order valence-corrected chi connectivity index (χ1v) is 7.38. The fourth-order valence-electron chi connectivity index (χ4n) is 2.88. The van der Waals surface area contributed by atoms with Crippen LogP contribution in [0.5, 0.6) is 0 Å². The van der Waals surface area contributed by atoms with Crippen LogP contribution in [-0.2, 0) is 0 Å². The molecule has 4 nitrogen and oxygen atoms in total. The Kier molecular flexibility index (Phi) is 4.94. The Hall–Kier alpha value is -1.91. The van der Waals surface area contributed by atoms with Gasteiger partial charge in [0.1, 0.15) is 5.82 Å². The molecule has 1 unspecified atom stereocenters. The van der Waals surface area contributed by atoms with Crippen LogP contribution in [0.2, 0.25) is 0 Å². The summed E-state index contributed by atoms with van der Waals surface area (Å²) < 4.78 is 14.0. The van der Waals surface area contributed by atoms with Crippen LogP contribution in [0.1, 0.15) is 59.7 Å². The van der Waals surface area contributed by atoms with Gasteiger partial charge in [-0.15, -0.1) is 0 Å². The zero-order valence-corrected chi connectivity index (χ0v) is 12.1. The number of carbonyl (C=O) groups excluding carboxylic acids is 1. The monoisotopic (exact) mass is 293 g/mol. The first kappa shape index (κ1) is 15.5. The number of amides is 1. The van der Waals surface area contributed by atoms with Crippen molar-refractivity contribution in [3.8, 4) is 0 Å². The van der Waals surface area contributed by atoms with E-state index in [0.717, 1.165) is 38.2 Å². The van der Waals surface area contributed by atoms with Gasteiger partial charge in [-0.1, -0.05) is 13.3 Å². The number of nitrogens with zero attached hydrogens (tertiary/aromatic N) is 1. The summed E-state index contributed by atoms with van der Waals surface area (Å²) in [4.78, 5) is 25.1. The molecule has 1 aromatic carbocycles. The molecule has 1 aliphatic rings. The van der Waals surface area contributed by atoms with Crippen LogP contribution >= 0.6 is 0 Å². The van der Waals surface area contributed by atoms with Crippen molar-refractivity contribution in [3.63, 3.8) is 0 Å². The van der Waals surface area contributed by atoms with Crippen LogP contribution in [0.4, 0.5) is 4.39 Å². The van der Waals surface area contributed by atoms with Crippen molar-refractivity contribution in [2.75, 3.05) is 6.54 Å². The minimum atomic E-state index is -1.20. The van der Waals surface area contributed by atoms with Gasteiger partial charge in [0.05, 0.1) is 11.1 Å². The first-order valence-electron chi connectivity index (χ1n) is 7.38. The van der Waals surface area contributed by atoms with E-state index in [9.17, 15) is 14.0 Å². The molecule has 0 saturated carbocycles. The summed E-state index contributed by atoms with van der Waals surface area (Å²) in [7, 11) is 0. The number of carboxylic acids is 1. The van der Waals surface area contributed by atoms with Crippen LogP contribution in [0.3, 0.4) is 0 Å². The van der Waals surface area contributed by atoms with Gasteiger partial charge in [-0.3, -0.25) is 4.79 Å². The van der Waals surface area contributed by atoms with Crippen LogP contribution < -0.4 is 0 Å². The number of carbonyl (C=O) groups is 2. The van der Waals surface area contributed by atoms with Gasteiger partial charge >= 0.3 is 5.97 Å². The van der Waals surface area contributed by atoms with Crippen molar-refractivity contribution in [2.45, 2.75) is 45.1 Å². The fourth-order valence-corrected chi connectivity index (χ4v) is 2.88. The van der Waals surface area contributed by atoms with Crippen LogP contribution in [0, 0.1) is 5.82 Å². The molecule has 2 rings (SSSR count). The Bertz CT molecular complexity index is 542. The van der Waals surface area contributed by atoms with Crippen molar-refractivity contribution in [3.05, 3.63) is 35.1 Å². The van der Waals surface area contributed by atoms with E-state index in [4.69, 9.17) is 5.11 Å². The van der Waals surface area contributed by atoms with E-state index in [1.807, 2.05) is 0 Å². The van der Waals surface area contributed by atoms with E-state index in [1.54, 1.807) is 4.90 Å². The number of halogens is 1. The van der Waals surface area contributed by atoms with Gasteiger partial charge in [0.2, 0.25) is 0 Å². The number of aromatic carboxylic acids is 1. The Morgan fingerprint density at radius 3 is 2.76 bits per heavy atom. The molecule has 1 saturated heterocycles. The molecule has 0 spiro atoms. The van der Waals surface area contributed by atoms with E-state index < -0.39 is 11.8 Å². The van der Waals surface area contributed by atoms with Crippen LogP contribution in [0.25, 0.3) is 0 Å². The molecular weight excluding hydrogens is 273 g/mol. The zero-order chi connectivity index (χ0) is 15.4. The van der Waals surface area contributed by atoms with Gasteiger partial charge in [-0.05, 0) is 43.9 Å². The molecule has 114 valence electrons. The molecule has 1 aliphatic heterocycles. The second-order valence-corrected chi connectivity index (χ2v) is 5.44. The molecular formula is C16H20FNO3. The second-order valence-electron chi connectivity index (χ2n) is 5.44. The highest BCUT2D eigenvalue weighted by molar-refractivity contribution is 5.96. The highest BCUT2D eigenvalue weighted by Crippen LogP contribution is 2.24. The van der Waals surface area contributed by atoms with E-state index >= 15 is 0 Å². The minimum Gasteiger partial charge on any atom is -0.478 e. The van der Waals surface area contributed by atoms with Gasteiger partial charge in [0.15, 0.2) is 0 Å². The molecule has 1 fully saturated rings. The van der Waals surface area contributed by atoms with E-state index in [-0.39, 0.29) is 23.1 Å². The first-order chi connectivity index (χ1) is 10.0. The molecule has 1 heterocycles. The summed E-state index contributed by atoms with van der Waals surface area (Å²) >= 11 is 0. The number of hydrogen-bond acceptors (Lipinski definition) is 2. The molecule has 0 aromatic heterocycles. The van der Waals surface area contributed by atoms with Gasteiger partial charge in [-0.2, -0.15) is 0 Å². The van der Waals surface area contributed by atoms with Gasteiger partial charge < -0.3 is 10.0 Å². The van der Waals surface area contributed by atoms with E-state index in [0.29, 0.717) is 6.54 Å². The van der Waals surface area contributed by atoms with Crippen LogP contribution in [-0.4, -0.2) is 34.5 Å². The van der Waals surface area contributed by atoms with Crippen molar-refractivity contribution in [1.29, 1.82) is 0 Å². The molecule has 21 heavy (non-hydrogen) atoms. The Balaban J connectivity index is 2.23. The third-order valence-electron chi connectivity index (χ3n) is 3.96. The summed E-state index contributed by atoms with van der Waals surface area (Å²) in [5, 5.41) is 8.84. The summed E-state index contributed by atoms with van der Waals surface area (Å²) in [5.41, 5.74) is -0.184. The van der Waals surface area contributed by atoms with Crippen molar-refractivity contribution in [1.82, 2.24) is 4.90 Å². The molecule has 5 heteroatoms. The minimum absolute atomic E-state index is 0.0389. The average Bonchev–Trinajstić information content (AvgIpc) is 2.47. The summed E-state index contributed by atoms with van der Waals surface area (Å²) in [6, 6.07) is 3.62. The number of benzene rings is 1. The fraction of sp³-hybridized carbons (Fsp3) is 0.500. The Morgan fingerprint density at radius 2 is 2.14 bits per heavy atom. The number of likely N-dealkylation sites (tertiary alicyclic amines) is 1. The van der Waals surface area contributed by atoms with Crippen molar-refractivity contribution in [2.24, 2.45) is 0 Å². The third-order valence-corrected chi connectivity index (χ3v) is 3.96. The molecule has 1 N–H and O–H groups in total. The van der Waals surface area contributed by atoms with E-state index in [1.165, 1.54) is 12.1 Å². The second kappa shape index (κ2) is 6.70. The third kappa shape index (κ3) is 3.40. The lowest BCUT2D eigenvalue weighted by atomic mass is 9.97. The summed E-state index contributed by atoms with van der Waals surface area (Å²) in [5.74, 6) is -2.29.